The largest absolute Gasteiger partial charge is 0.361 e. The molecule has 1 aromatic carbocycles. The van der Waals surface area contributed by atoms with Crippen LogP contribution in [0.5, 0.6) is 0 Å². The van der Waals surface area contributed by atoms with E-state index < -0.39 is 0 Å². The molecule has 0 N–H and O–H groups in total. The highest BCUT2D eigenvalue weighted by Gasteiger charge is 2.06. The first-order valence-electron chi connectivity index (χ1n) is 3.95. The lowest BCUT2D eigenvalue weighted by Crippen LogP contribution is -1.77. The van der Waals surface area contributed by atoms with Crippen molar-refractivity contribution in [3.05, 3.63) is 41.1 Å². The van der Waals surface area contributed by atoms with Gasteiger partial charge in [0.1, 0.15) is 11.5 Å². The van der Waals surface area contributed by atoms with Crippen molar-refractivity contribution in [2.45, 2.75) is 6.92 Å². The van der Waals surface area contributed by atoms with Crippen molar-refractivity contribution in [2.75, 3.05) is 0 Å². The molecule has 2 nitrogen and oxygen atoms in total. The summed E-state index contributed by atoms with van der Waals surface area (Å²) < 4.78 is 4.97. The van der Waals surface area contributed by atoms with Crippen molar-refractivity contribution in [3.8, 4) is 11.3 Å². The zero-order valence-corrected chi connectivity index (χ0v) is 7.88. The van der Waals surface area contributed by atoms with Crippen LogP contribution in [0.15, 0.2) is 34.9 Å². The molecule has 0 unspecified atom stereocenters. The molecule has 0 saturated carbocycles. The fourth-order valence-corrected chi connectivity index (χ4v) is 1.39. The number of aryl methyl sites for hydroxylation is 1. The average molecular weight is 194 g/mol. The number of aromatic nitrogens is 1. The van der Waals surface area contributed by atoms with Crippen molar-refractivity contribution >= 4 is 11.6 Å². The van der Waals surface area contributed by atoms with E-state index >= 15 is 0 Å². The van der Waals surface area contributed by atoms with Crippen LogP contribution in [0.25, 0.3) is 11.3 Å². The van der Waals surface area contributed by atoms with Gasteiger partial charge in [0.05, 0.1) is 5.02 Å². The first-order chi connectivity index (χ1) is 6.27. The molecule has 0 aliphatic heterocycles. The van der Waals surface area contributed by atoms with E-state index in [2.05, 4.69) is 5.16 Å². The fraction of sp³-hybridized carbons (Fsp3) is 0.100. The topological polar surface area (TPSA) is 26.0 Å². The smallest absolute Gasteiger partial charge is 0.134 e. The predicted octanol–water partition coefficient (Wildman–Crippen LogP) is 3.30. The lowest BCUT2D eigenvalue weighted by molar-refractivity contribution is 0.399. The van der Waals surface area contributed by atoms with Gasteiger partial charge in [-0.25, -0.2) is 0 Å². The molecule has 0 radical (unpaired) electrons. The number of hydrogen-bond donors (Lipinski definition) is 0. The maximum atomic E-state index is 5.99. The highest BCUT2D eigenvalue weighted by Crippen LogP contribution is 2.26. The van der Waals surface area contributed by atoms with Gasteiger partial charge in [0.15, 0.2) is 0 Å². The molecule has 0 spiro atoms. The summed E-state index contributed by atoms with van der Waals surface area (Å²) in [4.78, 5) is 0. The van der Waals surface area contributed by atoms with Gasteiger partial charge in [-0.2, -0.15) is 0 Å². The minimum absolute atomic E-state index is 0.691. The van der Waals surface area contributed by atoms with Crippen LogP contribution in [0.4, 0.5) is 0 Å². The number of rotatable bonds is 1. The summed E-state index contributed by atoms with van der Waals surface area (Å²) in [5, 5.41) is 4.58. The van der Waals surface area contributed by atoms with Crippen LogP contribution in [0.2, 0.25) is 5.02 Å². The third-order valence-electron chi connectivity index (χ3n) is 1.78. The third kappa shape index (κ3) is 1.58. The summed E-state index contributed by atoms with van der Waals surface area (Å²) in [5.74, 6) is 0.787. The summed E-state index contributed by atoms with van der Waals surface area (Å²) in [6.45, 7) is 1.85. The van der Waals surface area contributed by atoms with Gasteiger partial charge in [-0.15, -0.1) is 0 Å². The van der Waals surface area contributed by atoms with Crippen LogP contribution in [-0.2, 0) is 0 Å². The van der Waals surface area contributed by atoms with Crippen LogP contribution in [-0.4, -0.2) is 5.16 Å². The van der Waals surface area contributed by atoms with Crippen LogP contribution >= 0.6 is 11.6 Å². The summed E-state index contributed by atoms with van der Waals surface area (Å²) in [7, 11) is 0. The van der Waals surface area contributed by atoms with Gasteiger partial charge in [0.25, 0.3) is 0 Å². The molecule has 2 rings (SSSR count). The summed E-state index contributed by atoms with van der Waals surface area (Å²) in [6, 6.07) is 9.42. The predicted molar refractivity (Wildman–Crippen MR) is 51.7 cm³/mol. The van der Waals surface area contributed by atoms with E-state index in [9.17, 15) is 0 Å². The Bertz CT molecular complexity index is 422. The SMILES string of the molecule is Cc1cc(-c2ccccc2Cl)no1. The van der Waals surface area contributed by atoms with Crippen molar-refractivity contribution in [1.82, 2.24) is 5.16 Å². The van der Waals surface area contributed by atoms with Gasteiger partial charge in [0.2, 0.25) is 0 Å². The Labute approximate surface area is 81.1 Å². The third-order valence-corrected chi connectivity index (χ3v) is 2.11. The van der Waals surface area contributed by atoms with Gasteiger partial charge in [0, 0.05) is 11.6 Å². The van der Waals surface area contributed by atoms with Crippen LogP contribution in [0.1, 0.15) is 5.76 Å². The number of nitrogens with zero attached hydrogens (tertiary/aromatic N) is 1. The molecule has 0 aliphatic carbocycles. The zero-order chi connectivity index (χ0) is 9.26. The normalized spacial score (nSPS) is 10.3. The molecule has 0 amide bonds. The number of hydrogen-bond acceptors (Lipinski definition) is 2. The molecule has 3 heteroatoms. The Morgan fingerprint density at radius 2 is 2.08 bits per heavy atom. The highest BCUT2D eigenvalue weighted by atomic mass is 35.5. The minimum atomic E-state index is 0.691. The molecular weight excluding hydrogens is 186 g/mol. The lowest BCUT2D eigenvalue weighted by Gasteiger charge is -1.96. The Morgan fingerprint density at radius 3 is 2.69 bits per heavy atom. The monoisotopic (exact) mass is 193 g/mol. The molecule has 0 saturated heterocycles. The Kier molecular flexibility index (Phi) is 2.07. The maximum Gasteiger partial charge on any atom is 0.134 e. The summed E-state index contributed by atoms with van der Waals surface area (Å²) >= 11 is 5.99. The van der Waals surface area contributed by atoms with Gasteiger partial charge in [-0.1, -0.05) is 35.0 Å². The van der Waals surface area contributed by atoms with Crippen LogP contribution in [0.3, 0.4) is 0 Å². The maximum absolute atomic E-state index is 5.99. The molecule has 0 bridgehead atoms. The van der Waals surface area contributed by atoms with E-state index in [1.165, 1.54) is 0 Å². The molecule has 13 heavy (non-hydrogen) atoms. The second-order valence-electron chi connectivity index (χ2n) is 2.80. The van der Waals surface area contributed by atoms with E-state index in [1.807, 2.05) is 37.3 Å². The second-order valence-corrected chi connectivity index (χ2v) is 3.21. The molecular formula is C10H8ClNO. The number of benzene rings is 1. The van der Waals surface area contributed by atoms with E-state index in [-0.39, 0.29) is 0 Å². The number of halogens is 1. The second kappa shape index (κ2) is 3.23. The van der Waals surface area contributed by atoms with Gasteiger partial charge < -0.3 is 4.52 Å². The van der Waals surface area contributed by atoms with E-state index in [0.717, 1.165) is 17.0 Å². The lowest BCUT2D eigenvalue weighted by atomic mass is 10.1. The highest BCUT2D eigenvalue weighted by molar-refractivity contribution is 6.33. The van der Waals surface area contributed by atoms with E-state index in [4.69, 9.17) is 16.1 Å². The Balaban J connectivity index is 2.52. The van der Waals surface area contributed by atoms with Crippen molar-refractivity contribution in [2.24, 2.45) is 0 Å². The molecule has 0 aliphatic rings. The molecule has 1 aromatic heterocycles. The van der Waals surface area contributed by atoms with Crippen molar-refractivity contribution in [3.63, 3.8) is 0 Å². The fourth-order valence-electron chi connectivity index (χ4n) is 1.16. The van der Waals surface area contributed by atoms with Gasteiger partial charge >= 0.3 is 0 Å². The van der Waals surface area contributed by atoms with Crippen LogP contribution < -0.4 is 0 Å². The van der Waals surface area contributed by atoms with Crippen LogP contribution in [0, 0.1) is 6.92 Å². The Hall–Kier alpha value is -1.28. The van der Waals surface area contributed by atoms with Gasteiger partial charge in [-0.05, 0) is 13.0 Å². The molecule has 2 aromatic rings. The van der Waals surface area contributed by atoms with E-state index in [0.29, 0.717) is 5.02 Å². The first kappa shape index (κ1) is 8.32. The first-order valence-corrected chi connectivity index (χ1v) is 4.33. The quantitative estimate of drug-likeness (QED) is 0.695. The van der Waals surface area contributed by atoms with E-state index in [1.54, 1.807) is 0 Å². The van der Waals surface area contributed by atoms with Gasteiger partial charge in [-0.3, -0.25) is 0 Å². The summed E-state index contributed by atoms with van der Waals surface area (Å²) in [6.07, 6.45) is 0. The van der Waals surface area contributed by atoms with Crippen molar-refractivity contribution < 1.29 is 4.52 Å². The standard InChI is InChI=1S/C10H8ClNO/c1-7-6-10(12-13-7)8-4-2-3-5-9(8)11/h2-6H,1H3. The minimum Gasteiger partial charge on any atom is -0.361 e. The Morgan fingerprint density at radius 1 is 1.31 bits per heavy atom. The zero-order valence-electron chi connectivity index (χ0n) is 7.12. The molecule has 0 atom stereocenters. The summed E-state index contributed by atoms with van der Waals surface area (Å²) in [5.41, 5.74) is 1.68. The van der Waals surface area contributed by atoms with Crippen molar-refractivity contribution in [1.29, 1.82) is 0 Å². The average Bonchev–Trinajstić information content (AvgIpc) is 2.53. The molecule has 66 valence electrons. The molecule has 1 heterocycles. The molecule has 0 fully saturated rings.